The van der Waals surface area contributed by atoms with Crippen LogP contribution in [0.3, 0.4) is 0 Å². The summed E-state index contributed by atoms with van der Waals surface area (Å²) in [4.78, 5) is 0. The molecule has 4 heteroatoms. The molecule has 0 saturated heterocycles. The van der Waals surface area contributed by atoms with Crippen LogP contribution in [0.25, 0.3) is 0 Å². The van der Waals surface area contributed by atoms with Crippen LogP contribution in [0.2, 0.25) is 5.02 Å². The number of ether oxygens (including phenoxy) is 1. The van der Waals surface area contributed by atoms with Crippen LogP contribution in [0.5, 0.6) is 5.75 Å². The second-order valence-electron chi connectivity index (χ2n) is 5.48. The lowest BCUT2D eigenvalue weighted by atomic mass is 10.2. The molecule has 0 aliphatic carbocycles. The lowest BCUT2D eigenvalue weighted by Crippen LogP contribution is -2.15. The molecule has 2 nitrogen and oxygen atoms in total. The molecular weight excluding hydrogens is 313 g/mol. The summed E-state index contributed by atoms with van der Waals surface area (Å²) in [7, 11) is 0. The summed E-state index contributed by atoms with van der Waals surface area (Å²) in [5.41, 5.74) is 1.45. The van der Waals surface area contributed by atoms with Gasteiger partial charge in [0, 0.05) is 17.7 Å². The Balaban J connectivity index is 1.95. The highest BCUT2D eigenvalue weighted by Crippen LogP contribution is 2.23. The molecule has 124 valence electrons. The van der Waals surface area contributed by atoms with Crippen LogP contribution in [0.4, 0.5) is 4.39 Å². The number of benzene rings is 2. The van der Waals surface area contributed by atoms with Crippen molar-refractivity contribution < 1.29 is 9.13 Å². The van der Waals surface area contributed by atoms with Gasteiger partial charge >= 0.3 is 0 Å². The zero-order chi connectivity index (χ0) is 16.5. The van der Waals surface area contributed by atoms with Crippen molar-refractivity contribution in [3.8, 4) is 5.75 Å². The van der Waals surface area contributed by atoms with Gasteiger partial charge in [-0.1, -0.05) is 55.6 Å². The average Bonchev–Trinajstić information content (AvgIpc) is 2.55. The van der Waals surface area contributed by atoms with Crippen LogP contribution >= 0.6 is 11.6 Å². The van der Waals surface area contributed by atoms with Crippen molar-refractivity contribution in [2.24, 2.45) is 0 Å². The van der Waals surface area contributed by atoms with E-state index in [0.717, 1.165) is 24.4 Å². The SMILES string of the molecule is CCCCCNCc1ccccc1OCc1c(F)cccc1Cl. The molecular formula is C19H23ClFNO. The highest BCUT2D eigenvalue weighted by molar-refractivity contribution is 6.31. The van der Waals surface area contributed by atoms with Crippen molar-refractivity contribution in [1.29, 1.82) is 0 Å². The highest BCUT2D eigenvalue weighted by Gasteiger charge is 2.09. The summed E-state index contributed by atoms with van der Waals surface area (Å²) in [5.74, 6) is 0.419. The van der Waals surface area contributed by atoms with Gasteiger partial charge in [-0.05, 0) is 31.2 Å². The van der Waals surface area contributed by atoms with Crippen molar-refractivity contribution in [2.45, 2.75) is 39.3 Å². The monoisotopic (exact) mass is 335 g/mol. The first kappa shape index (κ1) is 17.8. The summed E-state index contributed by atoms with van der Waals surface area (Å²) in [6, 6.07) is 12.5. The fourth-order valence-corrected chi connectivity index (χ4v) is 2.55. The second kappa shape index (κ2) is 9.53. The normalized spacial score (nSPS) is 10.7. The number of hydrogen-bond donors (Lipinski definition) is 1. The summed E-state index contributed by atoms with van der Waals surface area (Å²) in [5, 5.41) is 3.81. The summed E-state index contributed by atoms with van der Waals surface area (Å²) >= 11 is 6.04. The van der Waals surface area contributed by atoms with E-state index in [9.17, 15) is 4.39 Å². The van der Waals surface area contributed by atoms with Gasteiger partial charge in [0.2, 0.25) is 0 Å². The fraction of sp³-hybridized carbons (Fsp3) is 0.368. The van der Waals surface area contributed by atoms with Crippen molar-refractivity contribution in [1.82, 2.24) is 5.32 Å². The van der Waals surface area contributed by atoms with E-state index in [4.69, 9.17) is 16.3 Å². The Morgan fingerprint density at radius 3 is 2.70 bits per heavy atom. The molecule has 0 aliphatic rings. The summed E-state index contributed by atoms with van der Waals surface area (Å²) in [6.45, 7) is 4.04. The largest absolute Gasteiger partial charge is 0.488 e. The predicted molar refractivity (Wildman–Crippen MR) is 93.4 cm³/mol. The van der Waals surface area contributed by atoms with Gasteiger partial charge < -0.3 is 10.1 Å². The van der Waals surface area contributed by atoms with Gasteiger partial charge in [-0.3, -0.25) is 0 Å². The molecule has 0 heterocycles. The Hall–Kier alpha value is -1.58. The van der Waals surface area contributed by atoms with E-state index in [1.54, 1.807) is 12.1 Å². The number of nitrogens with one attached hydrogen (secondary N) is 1. The van der Waals surface area contributed by atoms with E-state index >= 15 is 0 Å². The molecule has 23 heavy (non-hydrogen) atoms. The molecule has 1 N–H and O–H groups in total. The van der Waals surface area contributed by atoms with Gasteiger partial charge in [-0.25, -0.2) is 4.39 Å². The molecule has 0 unspecified atom stereocenters. The standard InChI is InChI=1S/C19H23ClFNO/c1-2-3-6-12-22-13-15-8-4-5-11-19(15)23-14-16-17(20)9-7-10-18(16)21/h4-5,7-11,22H,2-3,6,12-14H2,1H3. The molecule has 0 radical (unpaired) electrons. The first-order valence-corrected chi connectivity index (χ1v) is 8.44. The number of rotatable bonds is 9. The molecule has 0 saturated carbocycles. The Morgan fingerprint density at radius 2 is 1.91 bits per heavy atom. The van der Waals surface area contributed by atoms with Crippen LogP contribution in [0, 0.1) is 5.82 Å². The Morgan fingerprint density at radius 1 is 1.09 bits per heavy atom. The Kier molecular flexibility index (Phi) is 7.37. The van der Waals surface area contributed by atoms with E-state index in [-0.39, 0.29) is 12.4 Å². The van der Waals surface area contributed by atoms with Crippen molar-refractivity contribution in [3.63, 3.8) is 0 Å². The van der Waals surface area contributed by atoms with Gasteiger partial charge in [0.15, 0.2) is 0 Å². The molecule has 0 bridgehead atoms. The maximum atomic E-state index is 13.8. The van der Waals surface area contributed by atoms with Crippen LogP contribution in [-0.4, -0.2) is 6.54 Å². The van der Waals surface area contributed by atoms with Crippen LogP contribution in [0.1, 0.15) is 37.3 Å². The molecule has 0 amide bonds. The third-order valence-corrected chi connectivity index (χ3v) is 4.03. The van der Waals surface area contributed by atoms with Gasteiger partial charge in [-0.2, -0.15) is 0 Å². The van der Waals surface area contributed by atoms with Gasteiger partial charge in [-0.15, -0.1) is 0 Å². The zero-order valence-corrected chi connectivity index (χ0v) is 14.2. The molecule has 0 spiro atoms. The maximum Gasteiger partial charge on any atom is 0.131 e. The van der Waals surface area contributed by atoms with Crippen molar-refractivity contribution >= 4 is 11.6 Å². The molecule has 2 aromatic carbocycles. The number of unbranched alkanes of at least 4 members (excludes halogenated alkanes) is 2. The lowest BCUT2D eigenvalue weighted by molar-refractivity contribution is 0.296. The summed E-state index contributed by atoms with van der Waals surface area (Å²) in [6.07, 6.45) is 3.62. The minimum absolute atomic E-state index is 0.123. The van der Waals surface area contributed by atoms with Crippen LogP contribution in [0.15, 0.2) is 42.5 Å². The molecule has 0 aromatic heterocycles. The highest BCUT2D eigenvalue weighted by atomic mass is 35.5. The van der Waals surface area contributed by atoms with Crippen molar-refractivity contribution in [2.75, 3.05) is 6.54 Å². The second-order valence-corrected chi connectivity index (χ2v) is 5.89. The first-order chi connectivity index (χ1) is 11.2. The van der Waals surface area contributed by atoms with Crippen LogP contribution < -0.4 is 10.1 Å². The van der Waals surface area contributed by atoms with E-state index in [1.807, 2.05) is 24.3 Å². The van der Waals surface area contributed by atoms with E-state index in [0.29, 0.717) is 10.6 Å². The summed E-state index contributed by atoms with van der Waals surface area (Å²) < 4.78 is 19.6. The van der Waals surface area contributed by atoms with Crippen LogP contribution in [-0.2, 0) is 13.2 Å². The molecule has 2 aromatic rings. The number of halogens is 2. The van der Waals surface area contributed by atoms with E-state index in [1.165, 1.54) is 25.3 Å². The van der Waals surface area contributed by atoms with Crippen molar-refractivity contribution in [3.05, 3.63) is 64.4 Å². The third kappa shape index (κ3) is 5.52. The molecule has 0 fully saturated rings. The van der Waals surface area contributed by atoms with Gasteiger partial charge in [0.05, 0.1) is 5.02 Å². The minimum Gasteiger partial charge on any atom is -0.488 e. The fourth-order valence-electron chi connectivity index (χ4n) is 2.33. The first-order valence-electron chi connectivity index (χ1n) is 8.06. The smallest absolute Gasteiger partial charge is 0.131 e. The van der Waals surface area contributed by atoms with Gasteiger partial charge in [0.25, 0.3) is 0 Å². The Labute approximate surface area is 142 Å². The minimum atomic E-state index is -0.340. The Bertz CT molecular complexity index is 598. The topological polar surface area (TPSA) is 21.3 Å². The quantitative estimate of drug-likeness (QED) is 0.625. The number of para-hydroxylation sites is 1. The van der Waals surface area contributed by atoms with Gasteiger partial charge in [0.1, 0.15) is 18.2 Å². The molecule has 2 rings (SSSR count). The third-order valence-electron chi connectivity index (χ3n) is 3.68. The average molecular weight is 336 g/mol. The zero-order valence-electron chi connectivity index (χ0n) is 13.4. The molecule has 0 atom stereocenters. The van der Waals surface area contributed by atoms with E-state index < -0.39 is 0 Å². The lowest BCUT2D eigenvalue weighted by Gasteiger charge is -2.13. The maximum absolute atomic E-state index is 13.8. The number of hydrogen-bond acceptors (Lipinski definition) is 2. The molecule has 0 aliphatic heterocycles. The predicted octanol–water partition coefficient (Wildman–Crippen LogP) is 5.34. The van der Waals surface area contributed by atoms with E-state index in [2.05, 4.69) is 12.2 Å².